The number of aliphatic hydroxyl groups excluding tert-OH is 1. The SMILES string of the molecule is Nc1ncc(-c2nc3ccncc3s2)c(NC2CCC(CO)C2)n1. The highest BCUT2D eigenvalue weighted by molar-refractivity contribution is 7.21. The molecule has 7 nitrogen and oxygen atoms in total. The van der Waals surface area contributed by atoms with Crippen LogP contribution >= 0.6 is 11.3 Å². The zero-order valence-corrected chi connectivity index (χ0v) is 13.8. The van der Waals surface area contributed by atoms with Crippen LogP contribution in [0.25, 0.3) is 20.8 Å². The van der Waals surface area contributed by atoms with Gasteiger partial charge in [-0.05, 0) is 31.2 Å². The predicted octanol–water partition coefficient (Wildman–Crippen LogP) is 2.30. The Labute approximate surface area is 143 Å². The van der Waals surface area contributed by atoms with Crippen molar-refractivity contribution < 1.29 is 5.11 Å². The fourth-order valence-electron chi connectivity index (χ4n) is 3.12. The number of nitrogens with zero attached hydrogens (tertiary/aromatic N) is 4. The van der Waals surface area contributed by atoms with Gasteiger partial charge in [0.1, 0.15) is 10.8 Å². The van der Waals surface area contributed by atoms with E-state index in [-0.39, 0.29) is 18.6 Å². The summed E-state index contributed by atoms with van der Waals surface area (Å²) in [6, 6.07) is 2.18. The molecule has 8 heteroatoms. The second-order valence-corrected chi connectivity index (χ2v) is 7.09. The van der Waals surface area contributed by atoms with Crippen LogP contribution in [-0.4, -0.2) is 37.7 Å². The minimum Gasteiger partial charge on any atom is -0.396 e. The van der Waals surface area contributed by atoms with Gasteiger partial charge in [-0.25, -0.2) is 9.97 Å². The van der Waals surface area contributed by atoms with Crippen LogP contribution in [0.1, 0.15) is 19.3 Å². The number of nitrogens with two attached hydrogens (primary N) is 1. The van der Waals surface area contributed by atoms with Crippen LogP contribution in [0.4, 0.5) is 11.8 Å². The number of thiazole rings is 1. The molecule has 0 spiro atoms. The van der Waals surface area contributed by atoms with Gasteiger partial charge in [0, 0.05) is 31.2 Å². The summed E-state index contributed by atoms with van der Waals surface area (Å²) >= 11 is 1.56. The Morgan fingerprint density at radius 2 is 2.21 bits per heavy atom. The lowest BCUT2D eigenvalue weighted by Gasteiger charge is -2.15. The first kappa shape index (κ1) is 15.2. The summed E-state index contributed by atoms with van der Waals surface area (Å²) in [6.07, 6.45) is 8.23. The molecule has 0 bridgehead atoms. The van der Waals surface area contributed by atoms with Gasteiger partial charge in [-0.1, -0.05) is 0 Å². The molecule has 1 aliphatic rings. The third-order valence-electron chi connectivity index (χ3n) is 4.37. The fraction of sp³-hybridized carbons (Fsp3) is 0.375. The van der Waals surface area contributed by atoms with Gasteiger partial charge in [0.2, 0.25) is 5.95 Å². The maximum atomic E-state index is 9.32. The molecule has 1 aliphatic carbocycles. The molecule has 0 saturated heterocycles. The molecule has 0 radical (unpaired) electrons. The lowest BCUT2D eigenvalue weighted by molar-refractivity contribution is 0.229. The van der Waals surface area contributed by atoms with Gasteiger partial charge in [0.15, 0.2) is 0 Å². The van der Waals surface area contributed by atoms with Crippen LogP contribution < -0.4 is 11.1 Å². The van der Waals surface area contributed by atoms with E-state index in [1.807, 2.05) is 12.3 Å². The van der Waals surface area contributed by atoms with Crippen molar-refractivity contribution in [3.8, 4) is 10.6 Å². The first-order valence-corrected chi connectivity index (χ1v) is 8.75. The molecule has 1 fully saturated rings. The molecular formula is C16H18N6OS. The summed E-state index contributed by atoms with van der Waals surface area (Å²) in [4.78, 5) is 17.3. The lowest BCUT2D eigenvalue weighted by Crippen LogP contribution is -2.18. The number of aliphatic hydroxyl groups is 1. The summed E-state index contributed by atoms with van der Waals surface area (Å²) in [6.45, 7) is 0.238. The average molecular weight is 342 g/mol. The van der Waals surface area contributed by atoms with Crippen molar-refractivity contribution in [3.05, 3.63) is 24.7 Å². The number of fused-ring (bicyclic) bond motifs is 1. The Morgan fingerprint density at radius 3 is 3.00 bits per heavy atom. The largest absolute Gasteiger partial charge is 0.396 e. The second-order valence-electron chi connectivity index (χ2n) is 6.06. The number of rotatable bonds is 4. The summed E-state index contributed by atoms with van der Waals surface area (Å²) in [5.74, 6) is 1.30. The topological polar surface area (TPSA) is 110 Å². The lowest BCUT2D eigenvalue weighted by atomic mass is 10.1. The maximum absolute atomic E-state index is 9.32. The van der Waals surface area contributed by atoms with E-state index in [1.54, 1.807) is 23.7 Å². The molecule has 124 valence electrons. The van der Waals surface area contributed by atoms with Crippen LogP contribution in [0.5, 0.6) is 0 Å². The molecule has 0 aromatic carbocycles. The van der Waals surface area contributed by atoms with E-state index in [0.29, 0.717) is 11.7 Å². The molecule has 4 N–H and O–H groups in total. The minimum absolute atomic E-state index is 0.237. The molecule has 2 unspecified atom stereocenters. The number of anilines is 2. The van der Waals surface area contributed by atoms with Gasteiger partial charge in [-0.2, -0.15) is 4.98 Å². The second kappa shape index (κ2) is 6.29. The fourth-order valence-corrected chi connectivity index (χ4v) is 4.07. The van der Waals surface area contributed by atoms with Gasteiger partial charge >= 0.3 is 0 Å². The van der Waals surface area contributed by atoms with Crippen molar-refractivity contribution >= 4 is 33.3 Å². The highest BCUT2D eigenvalue weighted by Crippen LogP contribution is 2.35. The molecule has 3 aromatic rings. The molecule has 0 amide bonds. The van der Waals surface area contributed by atoms with E-state index < -0.39 is 0 Å². The molecule has 3 heterocycles. The Kier molecular flexibility index (Phi) is 3.99. The smallest absolute Gasteiger partial charge is 0.221 e. The van der Waals surface area contributed by atoms with E-state index in [0.717, 1.165) is 40.1 Å². The average Bonchev–Trinajstić information content (AvgIpc) is 3.21. The summed E-state index contributed by atoms with van der Waals surface area (Å²) in [5.41, 5.74) is 7.54. The van der Waals surface area contributed by atoms with E-state index in [9.17, 15) is 5.11 Å². The molecule has 2 atom stereocenters. The van der Waals surface area contributed by atoms with Crippen molar-refractivity contribution in [2.75, 3.05) is 17.7 Å². The van der Waals surface area contributed by atoms with Crippen molar-refractivity contribution in [2.24, 2.45) is 5.92 Å². The Balaban J connectivity index is 1.68. The Bertz CT molecular complexity index is 834. The third kappa shape index (κ3) is 2.90. The highest BCUT2D eigenvalue weighted by atomic mass is 32.1. The highest BCUT2D eigenvalue weighted by Gasteiger charge is 2.25. The molecule has 1 saturated carbocycles. The standard InChI is InChI=1S/C16H18N6OS/c17-16-19-6-11(15-21-12-3-4-18-7-13(12)24-15)14(22-16)20-10-2-1-9(5-10)8-23/h3-4,6-7,9-10,23H,1-2,5,8H2,(H3,17,19,20,22). The van der Waals surface area contributed by atoms with Gasteiger partial charge in [-0.3, -0.25) is 4.98 Å². The van der Waals surface area contributed by atoms with E-state index in [4.69, 9.17) is 5.73 Å². The first-order valence-electron chi connectivity index (χ1n) is 7.94. The molecule has 4 rings (SSSR count). The van der Waals surface area contributed by atoms with Crippen LogP contribution in [0.15, 0.2) is 24.7 Å². The summed E-state index contributed by atoms with van der Waals surface area (Å²) in [7, 11) is 0. The van der Waals surface area contributed by atoms with E-state index >= 15 is 0 Å². The third-order valence-corrected chi connectivity index (χ3v) is 5.41. The molecule has 0 aliphatic heterocycles. The van der Waals surface area contributed by atoms with Crippen LogP contribution in [0, 0.1) is 5.92 Å². The normalized spacial score (nSPS) is 20.5. The van der Waals surface area contributed by atoms with E-state index in [1.165, 1.54) is 0 Å². The number of nitrogen functional groups attached to an aromatic ring is 1. The first-order chi connectivity index (χ1) is 11.7. The van der Waals surface area contributed by atoms with Crippen LogP contribution in [0.2, 0.25) is 0 Å². The van der Waals surface area contributed by atoms with Crippen LogP contribution in [-0.2, 0) is 0 Å². The minimum atomic E-state index is 0.237. The molecule has 24 heavy (non-hydrogen) atoms. The number of hydrogen-bond donors (Lipinski definition) is 3. The van der Waals surface area contributed by atoms with E-state index in [2.05, 4.69) is 25.3 Å². The monoisotopic (exact) mass is 342 g/mol. The number of hydrogen-bond acceptors (Lipinski definition) is 8. The van der Waals surface area contributed by atoms with Crippen molar-refractivity contribution in [1.82, 2.24) is 19.9 Å². The quantitative estimate of drug-likeness (QED) is 0.667. The zero-order valence-electron chi connectivity index (χ0n) is 13.0. The van der Waals surface area contributed by atoms with Crippen molar-refractivity contribution in [2.45, 2.75) is 25.3 Å². The van der Waals surface area contributed by atoms with Gasteiger partial charge in [0.25, 0.3) is 0 Å². The number of aromatic nitrogens is 4. The molecule has 3 aromatic heterocycles. The van der Waals surface area contributed by atoms with Gasteiger partial charge in [-0.15, -0.1) is 11.3 Å². The zero-order chi connectivity index (χ0) is 16.5. The Hall–Kier alpha value is -2.32. The van der Waals surface area contributed by atoms with Gasteiger partial charge < -0.3 is 16.2 Å². The van der Waals surface area contributed by atoms with Crippen LogP contribution in [0.3, 0.4) is 0 Å². The van der Waals surface area contributed by atoms with Crippen molar-refractivity contribution in [3.63, 3.8) is 0 Å². The number of pyridine rings is 1. The Morgan fingerprint density at radius 1 is 1.29 bits per heavy atom. The van der Waals surface area contributed by atoms with Gasteiger partial charge in [0.05, 0.1) is 15.8 Å². The summed E-state index contributed by atoms with van der Waals surface area (Å²) in [5, 5.41) is 13.6. The maximum Gasteiger partial charge on any atom is 0.221 e. The predicted molar refractivity (Wildman–Crippen MR) is 94.7 cm³/mol. The summed E-state index contributed by atoms with van der Waals surface area (Å²) < 4.78 is 1.02. The molecular weight excluding hydrogens is 324 g/mol. The number of nitrogens with one attached hydrogen (secondary N) is 1. The van der Waals surface area contributed by atoms with Crippen molar-refractivity contribution in [1.29, 1.82) is 0 Å².